The molecule has 2 N–H and O–H groups in total. The van der Waals surface area contributed by atoms with Gasteiger partial charge in [-0.25, -0.2) is 0 Å². The molecule has 2 aromatic carbocycles. The van der Waals surface area contributed by atoms with Gasteiger partial charge in [-0.3, -0.25) is 9.59 Å². The second-order valence-corrected chi connectivity index (χ2v) is 7.17. The number of ketones is 1. The first-order valence-corrected chi connectivity index (χ1v) is 9.70. The summed E-state index contributed by atoms with van der Waals surface area (Å²) in [6.07, 6.45) is 0. The van der Waals surface area contributed by atoms with Crippen molar-refractivity contribution in [1.82, 2.24) is 4.90 Å². The highest BCUT2D eigenvalue weighted by molar-refractivity contribution is 6.46. The Bertz CT molecular complexity index is 1030. The zero-order valence-electron chi connectivity index (χ0n) is 17.2. The minimum atomic E-state index is -0.888. The average Bonchev–Trinajstić information content (AvgIpc) is 3.02. The van der Waals surface area contributed by atoms with Gasteiger partial charge in [-0.1, -0.05) is 23.7 Å². The number of carbonyl (C=O) groups is 2. The van der Waals surface area contributed by atoms with Gasteiger partial charge in [-0.2, -0.15) is 0 Å². The minimum Gasteiger partial charge on any atom is -0.508 e. The molecule has 0 saturated carbocycles. The first-order chi connectivity index (χ1) is 14.8. The molecule has 1 saturated heterocycles. The second-order valence-electron chi connectivity index (χ2n) is 6.76. The number of phenolic OH excluding ortho intramolecular Hbond substituents is 1. The van der Waals surface area contributed by atoms with Crippen LogP contribution in [-0.4, -0.2) is 61.3 Å². The fourth-order valence-corrected chi connectivity index (χ4v) is 3.73. The summed E-state index contributed by atoms with van der Waals surface area (Å²) in [5.41, 5.74) is 0.557. The molecule has 1 aliphatic rings. The van der Waals surface area contributed by atoms with Gasteiger partial charge in [0.25, 0.3) is 11.7 Å². The van der Waals surface area contributed by atoms with Crippen LogP contribution < -0.4 is 9.47 Å². The lowest BCUT2D eigenvalue weighted by atomic mass is 9.95. The van der Waals surface area contributed by atoms with Crippen LogP contribution in [0.25, 0.3) is 5.76 Å². The molecule has 0 bridgehead atoms. The van der Waals surface area contributed by atoms with E-state index in [0.717, 1.165) is 0 Å². The number of phenols is 1. The Labute approximate surface area is 184 Å². The molecule has 0 aliphatic carbocycles. The third-order valence-electron chi connectivity index (χ3n) is 5.01. The van der Waals surface area contributed by atoms with E-state index in [9.17, 15) is 19.8 Å². The first-order valence-electron chi connectivity index (χ1n) is 9.32. The predicted molar refractivity (Wildman–Crippen MR) is 114 cm³/mol. The number of aromatic hydroxyl groups is 1. The van der Waals surface area contributed by atoms with Gasteiger partial charge in [0.2, 0.25) is 0 Å². The van der Waals surface area contributed by atoms with Crippen molar-refractivity contribution in [2.24, 2.45) is 0 Å². The fraction of sp³-hybridized carbons (Fsp3) is 0.273. The number of rotatable bonds is 7. The summed E-state index contributed by atoms with van der Waals surface area (Å²) in [6, 6.07) is 8.04. The largest absolute Gasteiger partial charge is 0.508 e. The Kier molecular flexibility index (Phi) is 6.72. The second kappa shape index (κ2) is 9.28. The molecule has 9 heteroatoms. The summed E-state index contributed by atoms with van der Waals surface area (Å²) in [4.78, 5) is 27.1. The van der Waals surface area contributed by atoms with Crippen molar-refractivity contribution in [2.75, 3.05) is 34.5 Å². The highest BCUT2D eigenvalue weighted by Gasteiger charge is 2.46. The summed E-state index contributed by atoms with van der Waals surface area (Å²) in [7, 11) is 4.32. The zero-order valence-corrected chi connectivity index (χ0v) is 18.0. The van der Waals surface area contributed by atoms with Crippen molar-refractivity contribution in [3.05, 3.63) is 58.1 Å². The van der Waals surface area contributed by atoms with Gasteiger partial charge in [0.1, 0.15) is 23.0 Å². The number of ether oxygens (including phenoxy) is 3. The molecule has 1 fully saturated rings. The lowest BCUT2D eigenvalue weighted by molar-refractivity contribution is -0.140. The Morgan fingerprint density at radius 3 is 2.29 bits per heavy atom. The molecule has 1 aliphatic heterocycles. The molecule has 3 rings (SSSR count). The third-order valence-corrected chi connectivity index (χ3v) is 5.31. The molecule has 1 amide bonds. The molecular formula is C22H22ClNO7. The Balaban J connectivity index is 2.23. The number of nitrogens with zero attached hydrogens (tertiary/aromatic N) is 1. The highest BCUT2D eigenvalue weighted by Crippen LogP contribution is 2.43. The van der Waals surface area contributed by atoms with Crippen molar-refractivity contribution < 1.29 is 34.0 Å². The summed E-state index contributed by atoms with van der Waals surface area (Å²) in [5.74, 6) is -1.48. The predicted octanol–water partition coefficient (Wildman–Crippen LogP) is 3.13. The lowest BCUT2D eigenvalue weighted by Gasteiger charge is -2.25. The summed E-state index contributed by atoms with van der Waals surface area (Å²) in [5, 5.41) is 21.0. The molecule has 8 nitrogen and oxygen atoms in total. The van der Waals surface area contributed by atoms with Gasteiger partial charge in [-0.05, 0) is 23.8 Å². The average molecular weight is 448 g/mol. The van der Waals surface area contributed by atoms with Crippen LogP contribution >= 0.6 is 11.6 Å². The van der Waals surface area contributed by atoms with Crippen LogP contribution in [0.15, 0.2) is 42.0 Å². The quantitative estimate of drug-likeness (QED) is 0.381. The molecular weight excluding hydrogens is 426 g/mol. The van der Waals surface area contributed by atoms with Crippen molar-refractivity contribution in [3.8, 4) is 17.2 Å². The van der Waals surface area contributed by atoms with Crippen molar-refractivity contribution in [3.63, 3.8) is 0 Å². The normalized spacial score (nSPS) is 17.8. The van der Waals surface area contributed by atoms with Crippen LogP contribution in [0.3, 0.4) is 0 Å². The van der Waals surface area contributed by atoms with E-state index in [1.807, 2.05) is 0 Å². The molecule has 164 valence electrons. The number of halogens is 1. The number of Topliss-reactive ketones (excluding diaryl/α,β-unsaturated/α-hetero) is 1. The van der Waals surface area contributed by atoms with E-state index in [1.54, 1.807) is 12.1 Å². The van der Waals surface area contributed by atoms with E-state index in [-0.39, 0.29) is 40.8 Å². The number of aliphatic hydroxyl groups is 1. The van der Waals surface area contributed by atoms with Crippen molar-refractivity contribution in [1.29, 1.82) is 0 Å². The SMILES string of the molecule is COCCN1C(=O)C(=O)/C(=C(/O)c2cc(Cl)c(OC)cc2OC)C1c1ccc(O)cc1. The standard InChI is InChI=1S/C22H22ClNO7/c1-29-9-8-24-19(12-4-6-13(25)7-5-12)18(21(27)22(24)28)20(26)14-10-15(23)17(31-3)11-16(14)30-2/h4-7,10-11,19,25-26H,8-9H2,1-3H3/b20-18+. The van der Waals surface area contributed by atoms with E-state index in [1.165, 1.54) is 50.5 Å². The van der Waals surface area contributed by atoms with E-state index < -0.39 is 23.5 Å². The van der Waals surface area contributed by atoms with Gasteiger partial charge in [0, 0.05) is 19.7 Å². The van der Waals surface area contributed by atoms with E-state index >= 15 is 0 Å². The first kappa shape index (κ1) is 22.5. The maximum atomic E-state index is 13.0. The molecule has 1 unspecified atom stereocenters. The Morgan fingerprint density at radius 2 is 1.71 bits per heavy atom. The number of hydrogen-bond acceptors (Lipinski definition) is 7. The number of amides is 1. The van der Waals surface area contributed by atoms with Gasteiger partial charge in [0.15, 0.2) is 0 Å². The molecule has 0 aromatic heterocycles. The van der Waals surface area contributed by atoms with Crippen molar-refractivity contribution in [2.45, 2.75) is 6.04 Å². The van der Waals surface area contributed by atoms with Crippen LogP contribution in [-0.2, 0) is 14.3 Å². The topological polar surface area (TPSA) is 106 Å². The molecule has 0 radical (unpaired) electrons. The van der Waals surface area contributed by atoms with Gasteiger partial charge in [-0.15, -0.1) is 0 Å². The number of benzene rings is 2. The molecule has 1 heterocycles. The van der Waals surface area contributed by atoms with E-state index in [2.05, 4.69) is 0 Å². The molecule has 31 heavy (non-hydrogen) atoms. The number of methoxy groups -OCH3 is 3. The number of hydrogen-bond donors (Lipinski definition) is 2. The molecule has 1 atom stereocenters. The monoisotopic (exact) mass is 447 g/mol. The minimum absolute atomic E-state index is 0.0289. The fourth-order valence-electron chi connectivity index (χ4n) is 3.49. The van der Waals surface area contributed by atoms with Crippen LogP contribution in [0.1, 0.15) is 17.2 Å². The Hall–Kier alpha value is -3.23. The van der Waals surface area contributed by atoms with Crippen molar-refractivity contribution >= 4 is 29.1 Å². The third kappa shape index (κ3) is 4.17. The highest BCUT2D eigenvalue weighted by atomic mass is 35.5. The van der Waals surface area contributed by atoms with E-state index in [0.29, 0.717) is 11.3 Å². The zero-order chi connectivity index (χ0) is 22.7. The summed E-state index contributed by atoms with van der Waals surface area (Å²) in [6.45, 7) is 0.323. The maximum absolute atomic E-state index is 13.0. The van der Waals surface area contributed by atoms with Crippen LogP contribution in [0.2, 0.25) is 5.02 Å². The van der Waals surface area contributed by atoms with E-state index in [4.69, 9.17) is 25.8 Å². The number of aliphatic hydroxyl groups excluding tert-OH is 1. The van der Waals surface area contributed by atoms with Crippen LogP contribution in [0.4, 0.5) is 0 Å². The number of carbonyl (C=O) groups excluding carboxylic acids is 2. The molecule has 0 spiro atoms. The maximum Gasteiger partial charge on any atom is 0.295 e. The Morgan fingerprint density at radius 1 is 1.06 bits per heavy atom. The van der Waals surface area contributed by atoms with Gasteiger partial charge in [0.05, 0.1) is 43.0 Å². The summed E-state index contributed by atoms with van der Waals surface area (Å²) < 4.78 is 15.6. The smallest absolute Gasteiger partial charge is 0.295 e. The van der Waals surface area contributed by atoms with Gasteiger partial charge < -0.3 is 29.3 Å². The van der Waals surface area contributed by atoms with Gasteiger partial charge >= 0.3 is 0 Å². The molecule has 2 aromatic rings. The van der Waals surface area contributed by atoms with Crippen LogP contribution in [0.5, 0.6) is 17.2 Å². The lowest BCUT2D eigenvalue weighted by Crippen LogP contribution is -2.32. The summed E-state index contributed by atoms with van der Waals surface area (Å²) >= 11 is 6.22. The van der Waals surface area contributed by atoms with Crippen LogP contribution in [0, 0.1) is 0 Å². The number of likely N-dealkylation sites (tertiary alicyclic amines) is 1.